The summed E-state index contributed by atoms with van der Waals surface area (Å²) in [4.78, 5) is 18.1. The van der Waals surface area contributed by atoms with Crippen molar-refractivity contribution in [2.24, 2.45) is 0 Å². The third kappa shape index (κ3) is 4.02. The Bertz CT molecular complexity index is 707. The molecule has 2 aliphatic heterocycles. The number of aromatic nitrogens is 4. The van der Waals surface area contributed by atoms with E-state index in [4.69, 9.17) is 9.26 Å². The molecule has 0 aliphatic carbocycles. The molecule has 8 heteroatoms. The van der Waals surface area contributed by atoms with Crippen LogP contribution < -0.4 is 4.90 Å². The van der Waals surface area contributed by atoms with Crippen LogP contribution in [0.5, 0.6) is 0 Å². The fourth-order valence-corrected chi connectivity index (χ4v) is 3.83. The SMILES string of the molecule is COCc1nc(CN2CCC(c3cc(N4CCCC4)ncn3)CC2)no1. The molecule has 0 saturated carbocycles. The summed E-state index contributed by atoms with van der Waals surface area (Å²) in [5, 5.41) is 4.03. The Labute approximate surface area is 153 Å². The Balaban J connectivity index is 1.32. The van der Waals surface area contributed by atoms with Crippen molar-refractivity contribution in [3.05, 3.63) is 29.8 Å². The summed E-state index contributed by atoms with van der Waals surface area (Å²) in [6.45, 7) is 5.35. The van der Waals surface area contributed by atoms with Crippen molar-refractivity contribution in [1.82, 2.24) is 25.0 Å². The lowest BCUT2D eigenvalue weighted by Crippen LogP contribution is -2.33. The second-order valence-electron chi connectivity index (χ2n) is 7.08. The zero-order valence-electron chi connectivity index (χ0n) is 15.3. The highest BCUT2D eigenvalue weighted by atomic mass is 16.5. The third-order valence-corrected chi connectivity index (χ3v) is 5.25. The molecule has 0 unspecified atom stereocenters. The molecule has 4 rings (SSSR count). The maximum atomic E-state index is 5.16. The van der Waals surface area contributed by atoms with Crippen LogP contribution in [0.1, 0.15) is 49.0 Å². The zero-order chi connectivity index (χ0) is 17.8. The van der Waals surface area contributed by atoms with Crippen molar-refractivity contribution >= 4 is 5.82 Å². The zero-order valence-corrected chi connectivity index (χ0v) is 15.3. The normalized spacial score (nSPS) is 19.3. The Kier molecular flexibility index (Phi) is 5.40. The average Bonchev–Trinajstić information content (AvgIpc) is 3.35. The molecule has 2 aliphatic rings. The van der Waals surface area contributed by atoms with Gasteiger partial charge in [0.1, 0.15) is 18.8 Å². The Morgan fingerprint density at radius 2 is 1.96 bits per heavy atom. The van der Waals surface area contributed by atoms with Crippen molar-refractivity contribution in [3.63, 3.8) is 0 Å². The molecule has 0 atom stereocenters. The average molecular weight is 358 g/mol. The first-order valence-electron chi connectivity index (χ1n) is 9.41. The first kappa shape index (κ1) is 17.4. The lowest BCUT2D eigenvalue weighted by atomic mass is 9.93. The highest BCUT2D eigenvalue weighted by Crippen LogP contribution is 2.29. The summed E-state index contributed by atoms with van der Waals surface area (Å²) in [5.41, 5.74) is 1.18. The van der Waals surface area contributed by atoms with Crippen LogP contribution in [0.15, 0.2) is 16.9 Å². The maximum Gasteiger partial charge on any atom is 0.252 e. The molecular weight excluding hydrogens is 332 g/mol. The monoisotopic (exact) mass is 358 g/mol. The maximum absolute atomic E-state index is 5.16. The molecule has 2 aromatic rings. The largest absolute Gasteiger partial charge is 0.375 e. The van der Waals surface area contributed by atoms with Crippen molar-refractivity contribution in [1.29, 1.82) is 0 Å². The van der Waals surface area contributed by atoms with Gasteiger partial charge in [-0.3, -0.25) is 4.90 Å². The quantitative estimate of drug-likeness (QED) is 0.775. The van der Waals surface area contributed by atoms with Crippen molar-refractivity contribution < 1.29 is 9.26 Å². The Morgan fingerprint density at radius 3 is 2.73 bits per heavy atom. The molecule has 0 radical (unpaired) electrons. The fraction of sp³-hybridized carbons (Fsp3) is 0.667. The van der Waals surface area contributed by atoms with Gasteiger partial charge in [0.2, 0.25) is 0 Å². The molecule has 0 amide bonds. The molecule has 140 valence electrons. The van der Waals surface area contributed by atoms with Gasteiger partial charge in [0, 0.05) is 37.9 Å². The van der Waals surface area contributed by atoms with Gasteiger partial charge in [0.15, 0.2) is 5.82 Å². The summed E-state index contributed by atoms with van der Waals surface area (Å²) in [7, 11) is 1.62. The van der Waals surface area contributed by atoms with E-state index in [0.29, 0.717) is 18.4 Å². The number of piperidine rings is 1. The van der Waals surface area contributed by atoms with Gasteiger partial charge < -0.3 is 14.2 Å². The van der Waals surface area contributed by atoms with E-state index in [0.717, 1.165) is 57.2 Å². The Morgan fingerprint density at radius 1 is 1.15 bits per heavy atom. The smallest absolute Gasteiger partial charge is 0.252 e. The van der Waals surface area contributed by atoms with Crippen LogP contribution in [0.3, 0.4) is 0 Å². The van der Waals surface area contributed by atoms with Crippen LogP contribution in [0.4, 0.5) is 5.82 Å². The van der Waals surface area contributed by atoms with Crippen LogP contribution >= 0.6 is 0 Å². The van der Waals surface area contributed by atoms with Gasteiger partial charge in [0.05, 0.1) is 6.54 Å². The van der Waals surface area contributed by atoms with Crippen molar-refractivity contribution in [2.75, 3.05) is 38.2 Å². The van der Waals surface area contributed by atoms with Crippen LogP contribution in [0, 0.1) is 0 Å². The van der Waals surface area contributed by atoms with E-state index in [1.807, 2.05) is 0 Å². The van der Waals surface area contributed by atoms with E-state index in [2.05, 4.69) is 36.0 Å². The number of rotatable bonds is 6. The lowest BCUT2D eigenvalue weighted by Gasteiger charge is -2.31. The third-order valence-electron chi connectivity index (χ3n) is 5.25. The van der Waals surface area contributed by atoms with Gasteiger partial charge in [0.25, 0.3) is 5.89 Å². The predicted octanol–water partition coefficient (Wildman–Crippen LogP) is 1.99. The molecule has 2 fully saturated rings. The van der Waals surface area contributed by atoms with E-state index in [9.17, 15) is 0 Å². The highest BCUT2D eigenvalue weighted by molar-refractivity contribution is 5.40. The van der Waals surface area contributed by atoms with Gasteiger partial charge in [-0.25, -0.2) is 9.97 Å². The minimum atomic E-state index is 0.363. The molecule has 0 aromatic carbocycles. The van der Waals surface area contributed by atoms with Crippen LogP contribution in [0.25, 0.3) is 0 Å². The van der Waals surface area contributed by atoms with Crippen LogP contribution in [-0.4, -0.2) is 58.3 Å². The lowest BCUT2D eigenvalue weighted by molar-refractivity contribution is 0.151. The fourth-order valence-electron chi connectivity index (χ4n) is 3.83. The van der Waals surface area contributed by atoms with Gasteiger partial charge in [-0.2, -0.15) is 4.98 Å². The predicted molar refractivity (Wildman–Crippen MR) is 95.7 cm³/mol. The highest BCUT2D eigenvalue weighted by Gasteiger charge is 2.24. The molecule has 0 spiro atoms. The summed E-state index contributed by atoms with van der Waals surface area (Å²) in [6.07, 6.45) is 6.45. The number of hydrogen-bond acceptors (Lipinski definition) is 8. The number of likely N-dealkylation sites (tertiary alicyclic amines) is 1. The summed E-state index contributed by atoms with van der Waals surface area (Å²) in [6, 6.07) is 2.20. The van der Waals surface area contributed by atoms with Gasteiger partial charge in [-0.15, -0.1) is 0 Å². The first-order chi connectivity index (χ1) is 12.8. The van der Waals surface area contributed by atoms with E-state index in [1.54, 1.807) is 13.4 Å². The molecular formula is C18H26N6O2. The summed E-state index contributed by atoms with van der Waals surface area (Å²) >= 11 is 0. The van der Waals surface area contributed by atoms with E-state index >= 15 is 0 Å². The number of nitrogens with zero attached hydrogens (tertiary/aromatic N) is 6. The van der Waals surface area contributed by atoms with Crippen molar-refractivity contribution in [3.8, 4) is 0 Å². The van der Waals surface area contributed by atoms with E-state index < -0.39 is 0 Å². The molecule has 4 heterocycles. The first-order valence-corrected chi connectivity index (χ1v) is 9.41. The van der Waals surface area contributed by atoms with Crippen molar-refractivity contribution in [2.45, 2.75) is 44.8 Å². The van der Waals surface area contributed by atoms with E-state index in [1.165, 1.54) is 18.5 Å². The number of ether oxygens (including phenoxy) is 1. The van der Waals surface area contributed by atoms with Gasteiger partial charge >= 0.3 is 0 Å². The van der Waals surface area contributed by atoms with E-state index in [-0.39, 0.29) is 0 Å². The summed E-state index contributed by atoms with van der Waals surface area (Å²) < 4.78 is 10.2. The van der Waals surface area contributed by atoms with Gasteiger partial charge in [-0.1, -0.05) is 5.16 Å². The number of anilines is 1. The molecule has 2 aromatic heterocycles. The number of methoxy groups -OCH3 is 1. The Hall–Kier alpha value is -2.06. The molecule has 26 heavy (non-hydrogen) atoms. The minimum absolute atomic E-state index is 0.363. The molecule has 8 nitrogen and oxygen atoms in total. The molecule has 0 bridgehead atoms. The van der Waals surface area contributed by atoms with Crippen LogP contribution in [0.2, 0.25) is 0 Å². The molecule has 0 N–H and O–H groups in total. The second-order valence-corrected chi connectivity index (χ2v) is 7.08. The van der Waals surface area contributed by atoms with Gasteiger partial charge in [-0.05, 0) is 38.8 Å². The standard InChI is InChI=1S/C18H26N6O2/c1-25-12-18-21-16(22-26-18)11-23-8-4-14(5-9-23)15-10-17(20-13-19-15)24-6-2-3-7-24/h10,13-14H,2-9,11-12H2,1H3. The number of hydrogen-bond donors (Lipinski definition) is 0. The minimum Gasteiger partial charge on any atom is -0.375 e. The second kappa shape index (κ2) is 8.09. The molecule has 2 saturated heterocycles. The van der Waals surface area contributed by atoms with Crippen LogP contribution in [-0.2, 0) is 17.9 Å². The topological polar surface area (TPSA) is 80.4 Å². The summed E-state index contributed by atoms with van der Waals surface area (Å²) in [5.74, 6) is 2.86.